The molecule has 1 aliphatic heterocycles. The van der Waals surface area contributed by atoms with Gasteiger partial charge in [-0.25, -0.2) is 0 Å². The Morgan fingerprint density at radius 3 is 2.37 bits per heavy atom. The number of esters is 1. The molecular formula is C11H19NO6S. The average molecular weight is 293 g/mol. The van der Waals surface area contributed by atoms with E-state index in [-0.39, 0.29) is 12.5 Å². The predicted molar refractivity (Wildman–Crippen MR) is 68.4 cm³/mol. The monoisotopic (exact) mass is 293 g/mol. The van der Waals surface area contributed by atoms with Crippen LogP contribution in [0.2, 0.25) is 0 Å². The Morgan fingerprint density at radius 1 is 1.26 bits per heavy atom. The first kappa shape index (κ1) is 16.2. The molecule has 1 rings (SSSR count). The zero-order valence-corrected chi connectivity index (χ0v) is 11.8. The SMILES string of the molecule is CO[C@@H]1SC(COC(C)=O)[C@@H](O)C(O)[C@@H]1NC(C)=O. The molecule has 1 aliphatic rings. The van der Waals surface area contributed by atoms with E-state index in [4.69, 9.17) is 9.47 Å². The standard InChI is InChI=1S/C11H19NO6S/c1-5(13)12-8-10(16)9(15)7(4-18-6(2)14)19-11(8)17-3/h7-11,15-16H,4H2,1-3H3,(H,12,13)/t7?,8-,9+,10?,11+/m0/s1. The molecule has 7 nitrogen and oxygen atoms in total. The average Bonchev–Trinajstić information content (AvgIpc) is 2.33. The van der Waals surface area contributed by atoms with Crippen LogP contribution in [0.15, 0.2) is 0 Å². The van der Waals surface area contributed by atoms with Gasteiger partial charge in [0.25, 0.3) is 0 Å². The molecule has 1 fully saturated rings. The van der Waals surface area contributed by atoms with Gasteiger partial charge < -0.3 is 25.0 Å². The number of carbonyl (C=O) groups is 2. The molecule has 2 unspecified atom stereocenters. The number of nitrogens with one attached hydrogen (secondary N) is 1. The molecule has 0 bridgehead atoms. The van der Waals surface area contributed by atoms with Crippen molar-refractivity contribution in [3.63, 3.8) is 0 Å². The minimum atomic E-state index is -1.18. The Kier molecular flexibility index (Phi) is 6.05. The first-order valence-corrected chi connectivity index (χ1v) is 6.76. The van der Waals surface area contributed by atoms with Crippen LogP contribution in [0.3, 0.4) is 0 Å². The fourth-order valence-electron chi connectivity index (χ4n) is 1.86. The second-order valence-electron chi connectivity index (χ2n) is 4.29. The van der Waals surface area contributed by atoms with Crippen LogP contribution in [0.5, 0.6) is 0 Å². The highest BCUT2D eigenvalue weighted by molar-refractivity contribution is 8.00. The van der Waals surface area contributed by atoms with Gasteiger partial charge in [-0.1, -0.05) is 0 Å². The quantitative estimate of drug-likeness (QED) is 0.563. The summed E-state index contributed by atoms with van der Waals surface area (Å²) in [5.41, 5.74) is -0.525. The van der Waals surface area contributed by atoms with Crippen LogP contribution in [-0.2, 0) is 19.1 Å². The topological polar surface area (TPSA) is 105 Å². The van der Waals surface area contributed by atoms with Crippen LogP contribution in [0, 0.1) is 0 Å². The second-order valence-corrected chi connectivity index (χ2v) is 5.63. The van der Waals surface area contributed by atoms with Crippen molar-refractivity contribution in [1.82, 2.24) is 5.32 Å². The minimum absolute atomic E-state index is 0.0229. The number of aliphatic hydroxyl groups is 2. The Labute approximate surface area is 115 Å². The molecule has 110 valence electrons. The largest absolute Gasteiger partial charge is 0.465 e. The van der Waals surface area contributed by atoms with Gasteiger partial charge in [0.2, 0.25) is 5.91 Å². The van der Waals surface area contributed by atoms with Crippen molar-refractivity contribution >= 4 is 23.6 Å². The van der Waals surface area contributed by atoms with Gasteiger partial charge in [0.05, 0.1) is 17.4 Å². The predicted octanol–water partition coefficient (Wildman–Crippen LogP) is -1.14. The van der Waals surface area contributed by atoms with Crippen molar-refractivity contribution < 1.29 is 29.3 Å². The molecule has 0 aromatic carbocycles. The van der Waals surface area contributed by atoms with Crippen molar-refractivity contribution in [2.75, 3.05) is 13.7 Å². The lowest BCUT2D eigenvalue weighted by atomic mass is 10.0. The van der Waals surface area contributed by atoms with Gasteiger partial charge in [0.15, 0.2) is 0 Å². The highest BCUT2D eigenvalue weighted by atomic mass is 32.2. The van der Waals surface area contributed by atoms with Crippen molar-refractivity contribution in [3.8, 4) is 0 Å². The van der Waals surface area contributed by atoms with E-state index >= 15 is 0 Å². The van der Waals surface area contributed by atoms with Gasteiger partial charge in [0.1, 0.15) is 18.1 Å². The number of aliphatic hydroxyl groups excluding tert-OH is 2. The molecule has 0 radical (unpaired) electrons. The maximum Gasteiger partial charge on any atom is 0.302 e. The maximum atomic E-state index is 11.1. The van der Waals surface area contributed by atoms with Crippen molar-refractivity contribution in [2.24, 2.45) is 0 Å². The highest BCUT2D eigenvalue weighted by Gasteiger charge is 2.45. The van der Waals surface area contributed by atoms with Gasteiger partial charge in [-0.05, 0) is 0 Å². The lowest BCUT2D eigenvalue weighted by Crippen LogP contribution is -2.61. The smallest absolute Gasteiger partial charge is 0.302 e. The number of methoxy groups -OCH3 is 1. The van der Waals surface area contributed by atoms with Crippen LogP contribution in [0.4, 0.5) is 0 Å². The summed E-state index contributed by atoms with van der Waals surface area (Å²) >= 11 is 1.21. The van der Waals surface area contributed by atoms with Crippen molar-refractivity contribution in [2.45, 2.75) is 42.8 Å². The fraction of sp³-hybridized carbons (Fsp3) is 0.818. The van der Waals surface area contributed by atoms with E-state index in [2.05, 4.69) is 5.32 Å². The zero-order valence-electron chi connectivity index (χ0n) is 11.0. The molecule has 1 saturated heterocycles. The molecule has 5 atom stereocenters. The number of hydrogen-bond donors (Lipinski definition) is 3. The van der Waals surface area contributed by atoms with Crippen LogP contribution < -0.4 is 5.32 Å². The molecule has 1 heterocycles. The second kappa shape index (κ2) is 7.09. The number of rotatable bonds is 4. The Balaban J connectivity index is 2.72. The summed E-state index contributed by atoms with van der Waals surface area (Å²) in [6.45, 7) is 2.57. The summed E-state index contributed by atoms with van der Waals surface area (Å²) in [5, 5.41) is 22.0. The summed E-state index contributed by atoms with van der Waals surface area (Å²) in [6, 6.07) is -0.712. The molecule has 1 amide bonds. The van der Waals surface area contributed by atoms with Gasteiger partial charge in [-0.2, -0.15) is 0 Å². The summed E-state index contributed by atoms with van der Waals surface area (Å²) in [4.78, 5) is 21.9. The van der Waals surface area contributed by atoms with Crippen LogP contribution in [0.1, 0.15) is 13.8 Å². The van der Waals surface area contributed by atoms with E-state index in [0.29, 0.717) is 0 Å². The molecule has 0 aliphatic carbocycles. The normalized spacial score (nSPS) is 34.7. The third kappa shape index (κ3) is 4.34. The first-order chi connectivity index (χ1) is 8.86. The van der Waals surface area contributed by atoms with Crippen molar-refractivity contribution in [1.29, 1.82) is 0 Å². The Bertz CT molecular complexity index is 335. The summed E-state index contributed by atoms with van der Waals surface area (Å²) in [6.07, 6.45) is -2.30. The number of ether oxygens (including phenoxy) is 2. The minimum Gasteiger partial charge on any atom is -0.465 e. The van der Waals surface area contributed by atoms with Crippen LogP contribution in [-0.4, -0.2) is 64.7 Å². The summed E-state index contributed by atoms with van der Waals surface area (Å²) in [7, 11) is 1.44. The number of thioether (sulfide) groups is 1. The first-order valence-electron chi connectivity index (χ1n) is 5.81. The molecular weight excluding hydrogens is 274 g/mol. The Morgan fingerprint density at radius 2 is 1.89 bits per heavy atom. The third-order valence-electron chi connectivity index (χ3n) is 2.75. The molecule has 0 aromatic rings. The van der Waals surface area contributed by atoms with E-state index in [1.54, 1.807) is 0 Å². The summed E-state index contributed by atoms with van der Waals surface area (Å²) in [5.74, 6) is -0.780. The number of hydrogen-bond acceptors (Lipinski definition) is 7. The van der Waals surface area contributed by atoms with Gasteiger partial charge in [0, 0.05) is 21.0 Å². The van der Waals surface area contributed by atoms with E-state index in [0.717, 1.165) is 0 Å². The molecule has 19 heavy (non-hydrogen) atoms. The van der Waals surface area contributed by atoms with E-state index in [1.807, 2.05) is 0 Å². The molecule has 3 N–H and O–H groups in total. The summed E-state index contributed by atoms with van der Waals surface area (Å²) < 4.78 is 10.0. The zero-order chi connectivity index (χ0) is 14.6. The number of carbonyl (C=O) groups excluding carboxylic acids is 2. The highest BCUT2D eigenvalue weighted by Crippen LogP contribution is 2.33. The fourth-order valence-corrected chi connectivity index (χ4v) is 3.18. The number of amides is 1. The van der Waals surface area contributed by atoms with Crippen LogP contribution >= 0.6 is 11.8 Å². The van der Waals surface area contributed by atoms with Gasteiger partial charge >= 0.3 is 5.97 Å². The lowest BCUT2D eigenvalue weighted by Gasteiger charge is -2.41. The molecule has 0 aromatic heterocycles. The van der Waals surface area contributed by atoms with Crippen molar-refractivity contribution in [3.05, 3.63) is 0 Å². The third-order valence-corrected chi connectivity index (χ3v) is 4.27. The molecule has 8 heteroatoms. The Hall–Kier alpha value is -0.830. The lowest BCUT2D eigenvalue weighted by molar-refractivity contribution is -0.142. The van der Waals surface area contributed by atoms with Gasteiger partial charge in [-0.15, -0.1) is 11.8 Å². The molecule has 0 saturated carbocycles. The molecule has 0 spiro atoms. The van der Waals surface area contributed by atoms with Gasteiger partial charge in [-0.3, -0.25) is 9.59 Å². The maximum absolute atomic E-state index is 11.1. The van der Waals surface area contributed by atoms with E-state index < -0.39 is 34.9 Å². The van der Waals surface area contributed by atoms with E-state index in [1.165, 1.54) is 32.7 Å². The van der Waals surface area contributed by atoms with E-state index in [9.17, 15) is 19.8 Å². The van der Waals surface area contributed by atoms with Crippen LogP contribution in [0.25, 0.3) is 0 Å².